The maximum absolute atomic E-state index is 12.8. The Morgan fingerprint density at radius 1 is 1.29 bits per heavy atom. The number of aryl methyl sites for hydroxylation is 1. The van der Waals surface area contributed by atoms with Crippen molar-refractivity contribution in [1.29, 1.82) is 0 Å². The fourth-order valence-corrected chi connectivity index (χ4v) is 2.94. The molecule has 0 aliphatic heterocycles. The molecule has 10 heteroatoms. The zero-order valence-electron chi connectivity index (χ0n) is 15.6. The van der Waals surface area contributed by atoms with Crippen LogP contribution in [0.2, 0.25) is 0 Å². The standard InChI is InChI=1S/C18H19BrN6O3/c1-12-4-6-13(7-5-12)9-23-11-15(19)16(22-23)21-17(26)18(2,3)24-10-14(8-20-24)25(27)28/h4-8,10-11H,9H2,1-3H3,(H,21,22,26). The zero-order chi connectivity index (χ0) is 20.5. The molecule has 3 aromatic rings. The molecule has 1 amide bonds. The van der Waals surface area contributed by atoms with Gasteiger partial charge in [0, 0.05) is 6.20 Å². The van der Waals surface area contributed by atoms with Crippen LogP contribution in [0, 0.1) is 17.0 Å². The van der Waals surface area contributed by atoms with E-state index in [1.54, 1.807) is 24.7 Å². The average molecular weight is 447 g/mol. The fourth-order valence-electron chi connectivity index (χ4n) is 2.52. The highest BCUT2D eigenvalue weighted by molar-refractivity contribution is 9.10. The van der Waals surface area contributed by atoms with Crippen LogP contribution >= 0.6 is 15.9 Å². The van der Waals surface area contributed by atoms with E-state index in [1.807, 2.05) is 31.2 Å². The molecular formula is C18H19BrN6O3. The van der Waals surface area contributed by atoms with Crippen molar-refractivity contribution in [1.82, 2.24) is 19.6 Å². The Kier molecular flexibility index (Phi) is 5.32. The summed E-state index contributed by atoms with van der Waals surface area (Å²) in [7, 11) is 0. The van der Waals surface area contributed by atoms with Crippen LogP contribution in [0.4, 0.5) is 11.5 Å². The number of hydrogen-bond donors (Lipinski definition) is 1. The monoisotopic (exact) mass is 446 g/mol. The summed E-state index contributed by atoms with van der Waals surface area (Å²) in [5.41, 5.74) is 0.945. The number of halogens is 1. The van der Waals surface area contributed by atoms with Crippen LogP contribution < -0.4 is 5.32 Å². The van der Waals surface area contributed by atoms with Gasteiger partial charge in [-0.3, -0.25) is 24.3 Å². The molecule has 0 unspecified atom stereocenters. The highest BCUT2D eigenvalue weighted by Crippen LogP contribution is 2.25. The van der Waals surface area contributed by atoms with Gasteiger partial charge in [0.05, 0.1) is 15.9 Å². The van der Waals surface area contributed by atoms with Crippen molar-refractivity contribution in [3.8, 4) is 0 Å². The maximum Gasteiger partial charge on any atom is 0.307 e. The first-order valence-corrected chi connectivity index (χ1v) is 9.25. The van der Waals surface area contributed by atoms with Crippen LogP contribution in [0.25, 0.3) is 0 Å². The highest BCUT2D eigenvalue weighted by Gasteiger charge is 2.33. The van der Waals surface area contributed by atoms with Gasteiger partial charge in [-0.15, -0.1) is 0 Å². The van der Waals surface area contributed by atoms with E-state index >= 15 is 0 Å². The SMILES string of the molecule is Cc1ccc(Cn2cc(Br)c(NC(=O)C(C)(C)n3cc([N+](=O)[O-])cn3)n2)cc1. The molecule has 0 spiro atoms. The normalized spacial score (nSPS) is 11.4. The first kappa shape index (κ1) is 19.7. The van der Waals surface area contributed by atoms with Crippen LogP contribution in [0.5, 0.6) is 0 Å². The third kappa shape index (κ3) is 4.11. The first-order chi connectivity index (χ1) is 13.2. The van der Waals surface area contributed by atoms with Gasteiger partial charge in [0.2, 0.25) is 0 Å². The van der Waals surface area contributed by atoms with Gasteiger partial charge >= 0.3 is 5.69 Å². The van der Waals surface area contributed by atoms with E-state index in [2.05, 4.69) is 31.4 Å². The van der Waals surface area contributed by atoms with Crippen molar-refractivity contribution in [2.24, 2.45) is 0 Å². The summed E-state index contributed by atoms with van der Waals surface area (Å²) in [5.74, 6) is -0.0290. The van der Waals surface area contributed by atoms with E-state index in [0.717, 1.165) is 11.8 Å². The Morgan fingerprint density at radius 2 is 1.96 bits per heavy atom. The number of aromatic nitrogens is 4. The van der Waals surface area contributed by atoms with Crippen LogP contribution in [0.15, 0.2) is 47.3 Å². The lowest BCUT2D eigenvalue weighted by Crippen LogP contribution is -2.40. The number of nitro groups is 1. The highest BCUT2D eigenvalue weighted by atomic mass is 79.9. The third-order valence-electron chi connectivity index (χ3n) is 4.32. The number of rotatable bonds is 6. The van der Waals surface area contributed by atoms with E-state index < -0.39 is 16.4 Å². The lowest BCUT2D eigenvalue weighted by Gasteiger charge is -2.23. The molecule has 0 aliphatic rings. The van der Waals surface area contributed by atoms with Crippen molar-refractivity contribution in [2.75, 3.05) is 5.32 Å². The molecule has 0 saturated heterocycles. The van der Waals surface area contributed by atoms with Gasteiger partial charge in [-0.2, -0.15) is 10.2 Å². The van der Waals surface area contributed by atoms with Crippen molar-refractivity contribution < 1.29 is 9.72 Å². The third-order valence-corrected chi connectivity index (χ3v) is 4.90. The molecule has 2 heterocycles. The van der Waals surface area contributed by atoms with Gasteiger partial charge in [-0.1, -0.05) is 29.8 Å². The summed E-state index contributed by atoms with van der Waals surface area (Å²) < 4.78 is 3.61. The molecule has 0 bridgehead atoms. The topological polar surface area (TPSA) is 108 Å². The molecule has 28 heavy (non-hydrogen) atoms. The molecule has 1 aromatic carbocycles. The Balaban J connectivity index is 1.75. The van der Waals surface area contributed by atoms with Crippen LogP contribution in [0.1, 0.15) is 25.0 Å². The summed E-state index contributed by atoms with van der Waals surface area (Å²) in [5, 5.41) is 22.0. The molecular weight excluding hydrogens is 428 g/mol. The fraction of sp³-hybridized carbons (Fsp3) is 0.278. The van der Waals surface area contributed by atoms with Crippen molar-refractivity contribution in [2.45, 2.75) is 32.9 Å². The largest absolute Gasteiger partial charge is 0.307 e. The van der Waals surface area contributed by atoms with E-state index in [9.17, 15) is 14.9 Å². The summed E-state index contributed by atoms with van der Waals surface area (Å²) in [6.45, 7) is 5.83. The summed E-state index contributed by atoms with van der Waals surface area (Å²) in [6, 6.07) is 8.11. The van der Waals surface area contributed by atoms with Crippen molar-refractivity contribution >= 4 is 33.3 Å². The smallest absolute Gasteiger partial charge is 0.306 e. The Bertz CT molecular complexity index is 1020. The minimum atomic E-state index is -1.14. The van der Waals surface area contributed by atoms with E-state index in [-0.39, 0.29) is 5.69 Å². The van der Waals surface area contributed by atoms with Gasteiger partial charge in [-0.25, -0.2) is 0 Å². The molecule has 2 aromatic heterocycles. The Hall–Kier alpha value is -3.01. The number of carbonyl (C=O) groups is 1. The van der Waals surface area contributed by atoms with Gasteiger partial charge in [0.25, 0.3) is 5.91 Å². The number of benzene rings is 1. The number of anilines is 1. The van der Waals surface area contributed by atoms with Gasteiger partial charge in [-0.05, 0) is 42.3 Å². The maximum atomic E-state index is 12.8. The second-order valence-corrected chi connectivity index (χ2v) is 7.78. The number of nitrogens with one attached hydrogen (secondary N) is 1. The second-order valence-electron chi connectivity index (χ2n) is 6.92. The predicted octanol–water partition coefficient (Wildman–Crippen LogP) is 3.48. The quantitative estimate of drug-likeness (QED) is 0.460. The minimum Gasteiger partial charge on any atom is -0.306 e. The van der Waals surface area contributed by atoms with Crippen molar-refractivity contribution in [3.05, 3.63) is 68.6 Å². The van der Waals surface area contributed by atoms with Crippen LogP contribution in [-0.2, 0) is 16.9 Å². The minimum absolute atomic E-state index is 0.176. The molecule has 0 saturated carbocycles. The van der Waals surface area contributed by atoms with E-state index in [4.69, 9.17) is 0 Å². The number of carbonyl (C=O) groups excluding carboxylic acids is 1. The van der Waals surface area contributed by atoms with Crippen molar-refractivity contribution in [3.63, 3.8) is 0 Å². The molecule has 0 atom stereocenters. The lowest BCUT2D eigenvalue weighted by molar-refractivity contribution is -0.385. The molecule has 146 valence electrons. The second kappa shape index (κ2) is 7.55. The summed E-state index contributed by atoms with van der Waals surface area (Å²) >= 11 is 3.41. The molecule has 1 N–H and O–H groups in total. The number of nitrogens with zero attached hydrogens (tertiary/aromatic N) is 5. The molecule has 3 rings (SSSR count). The zero-order valence-corrected chi connectivity index (χ0v) is 17.2. The van der Waals surface area contributed by atoms with Gasteiger partial charge in [0.1, 0.15) is 17.9 Å². The Morgan fingerprint density at radius 3 is 2.57 bits per heavy atom. The number of hydrogen-bond acceptors (Lipinski definition) is 5. The average Bonchev–Trinajstić information content (AvgIpc) is 3.25. The Labute approximate surface area is 169 Å². The molecule has 0 radical (unpaired) electrons. The molecule has 0 aliphatic carbocycles. The van der Waals surface area contributed by atoms with Crippen LogP contribution in [-0.4, -0.2) is 30.4 Å². The van der Waals surface area contributed by atoms with E-state index in [0.29, 0.717) is 16.8 Å². The molecule has 9 nitrogen and oxygen atoms in total. The predicted molar refractivity (Wildman–Crippen MR) is 107 cm³/mol. The van der Waals surface area contributed by atoms with Crippen LogP contribution in [0.3, 0.4) is 0 Å². The lowest BCUT2D eigenvalue weighted by atomic mass is 10.1. The van der Waals surface area contributed by atoms with Gasteiger partial charge < -0.3 is 5.32 Å². The van der Waals surface area contributed by atoms with Gasteiger partial charge in [0.15, 0.2) is 5.82 Å². The summed E-state index contributed by atoms with van der Waals surface area (Å²) in [6.07, 6.45) is 4.12. The first-order valence-electron chi connectivity index (χ1n) is 8.46. The van der Waals surface area contributed by atoms with E-state index in [1.165, 1.54) is 16.4 Å². The summed E-state index contributed by atoms with van der Waals surface area (Å²) in [4.78, 5) is 23.1. The number of amides is 1. The molecule has 0 fully saturated rings.